The number of thioether (sulfide) groups is 1. The molecular weight excluding hydrogens is 454 g/mol. The number of rotatable bonds is 6. The number of hydrogen-bond donors (Lipinski definition) is 1. The molecule has 1 N–H and O–H groups in total. The van der Waals surface area contributed by atoms with Crippen LogP contribution < -0.4 is 15.6 Å². The van der Waals surface area contributed by atoms with Gasteiger partial charge < -0.3 is 10.1 Å². The van der Waals surface area contributed by atoms with E-state index in [0.29, 0.717) is 16.6 Å². The zero-order chi connectivity index (χ0) is 22.9. The average molecular weight is 478 g/mol. The molecule has 0 fully saturated rings. The molecule has 6 nitrogen and oxygen atoms in total. The Balaban J connectivity index is 1.51. The molecule has 0 saturated heterocycles. The van der Waals surface area contributed by atoms with Gasteiger partial charge in [0.25, 0.3) is 5.56 Å². The number of ether oxygens (including phenoxy) is 1. The zero-order valence-electron chi connectivity index (χ0n) is 18.4. The molecule has 0 spiro atoms. The lowest BCUT2D eigenvalue weighted by Crippen LogP contribution is -2.23. The van der Waals surface area contributed by atoms with Crippen molar-refractivity contribution in [2.75, 3.05) is 18.2 Å². The summed E-state index contributed by atoms with van der Waals surface area (Å²) >= 11 is 2.87. The van der Waals surface area contributed by atoms with E-state index in [0.717, 1.165) is 46.3 Å². The summed E-state index contributed by atoms with van der Waals surface area (Å²) in [5.41, 5.74) is 3.60. The number of anilines is 1. The molecule has 0 aliphatic heterocycles. The van der Waals surface area contributed by atoms with Crippen LogP contribution in [0.2, 0.25) is 0 Å². The summed E-state index contributed by atoms with van der Waals surface area (Å²) < 4.78 is 6.89. The van der Waals surface area contributed by atoms with E-state index in [1.807, 2.05) is 55.5 Å². The van der Waals surface area contributed by atoms with E-state index in [-0.39, 0.29) is 17.2 Å². The van der Waals surface area contributed by atoms with Gasteiger partial charge in [0.05, 0.1) is 23.9 Å². The molecule has 33 heavy (non-hydrogen) atoms. The molecule has 8 heteroatoms. The van der Waals surface area contributed by atoms with Gasteiger partial charge in [0, 0.05) is 10.6 Å². The number of thiophene rings is 1. The number of aromatic nitrogens is 2. The molecule has 0 unspecified atom stereocenters. The predicted octanol–water partition coefficient (Wildman–Crippen LogP) is 4.98. The van der Waals surface area contributed by atoms with Crippen molar-refractivity contribution in [3.63, 3.8) is 0 Å². The average Bonchev–Trinajstić information content (AvgIpc) is 3.39. The van der Waals surface area contributed by atoms with Crippen LogP contribution in [0.1, 0.15) is 22.4 Å². The highest BCUT2D eigenvalue weighted by Gasteiger charge is 2.24. The van der Waals surface area contributed by atoms with Crippen molar-refractivity contribution < 1.29 is 9.53 Å². The Bertz CT molecular complexity index is 1410. The molecule has 168 valence electrons. The van der Waals surface area contributed by atoms with E-state index in [9.17, 15) is 9.59 Å². The summed E-state index contributed by atoms with van der Waals surface area (Å²) in [7, 11) is 1.61. The van der Waals surface area contributed by atoms with E-state index in [1.165, 1.54) is 16.6 Å². The predicted molar refractivity (Wildman–Crippen MR) is 134 cm³/mol. The zero-order valence-corrected chi connectivity index (χ0v) is 20.0. The van der Waals surface area contributed by atoms with Crippen molar-refractivity contribution in [1.29, 1.82) is 0 Å². The maximum absolute atomic E-state index is 13.7. The van der Waals surface area contributed by atoms with Gasteiger partial charge in [-0.15, -0.1) is 11.3 Å². The first-order valence-corrected chi connectivity index (χ1v) is 12.5. The van der Waals surface area contributed by atoms with Crippen LogP contribution in [-0.2, 0) is 17.6 Å². The van der Waals surface area contributed by atoms with Crippen molar-refractivity contribution in [2.45, 2.75) is 31.3 Å². The third-order valence-corrected chi connectivity index (χ3v) is 7.80. The largest absolute Gasteiger partial charge is 0.497 e. The van der Waals surface area contributed by atoms with Crippen LogP contribution in [0.5, 0.6) is 5.75 Å². The Morgan fingerprint density at radius 3 is 2.79 bits per heavy atom. The van der Waals surface area contributed by atoms with Crippen LogP contribution >= 0.6 is 23.1 Å². The maximum atomic E-state index is 13.7. The van der Waals surface area contributed by atoms with Crippen molar-refractivity contribution in [3.05, 3.63) is 74.9 Å². The number of benzene rings is 2. The third-order valence-electron chi connectivity index (χ3n) is 5.67. The van der Waals surface area contributed by atoms with E-state index < -0.39 is 0 Å². The summed E-state index contributed by atoms with van der Waals surface area (Å²) in [6.45, 7) is 1.98. The molecule has 1 amide bonds. The lowest BCUT2D eigenvalue weighted by Gasteiger charge is -2.13. The maximum Gasteiger partial charge on any atom is 0.267 e. The molecular formula is C25H23N3O3S2. The SMILES string of the molecule is COc1ccc(-n2c(SCC(=O)Nc3cccc(C)c3)nc3sc4c(c3c2=O)CCC4)cc1. The van der Waals surface area contributed by atoms with E-state index in [1.54, 1.807) is 23.0 Å². The molecule has 2 aromatic carbocycles. The molecule has 5 rings (SSSR count). The van der Waals surface area contributed by atoms with Crippen LogP contribution in [0.4, 0.5) is 5.69 Å². The topological polar surface area (TPSA) is 73.2 Å². The van der Waals surface area contributed by atoms with Crippen molar-refractivity contribution in [1.82, 2.24) is 9.55 Å². The summed E-state index contributed by atoms with van der Waals surface area (Å²) in [5, 5.41) is 4.15. The molecule has 2 aromatic heterocycles. The second-order valence-electron chi connectivity index (χ2n) is 7.98. The van der Waals surface area contributed by atoms with Crippen LogP contribution in [0.3, 0.4) is 0 Å². The number of amides is 1. The van der Waals surface area contributed by atoms with Crippen molar-refractivity contribution in [2.24, 2.45) is 0 Å². The van der Waals surface area contributed by atoms with Gasteiger partial charge in [0.15, 0.2) is 5.16 Å². The van der Waals surface area contributed by atoms with Gasteiger partial charge in [-0.05, 0) is 73.7 Å². The van der Waals surface area contributed by atoms with Gasteiger partial charge in [0.1, 0.15) is 10.6 Å². The van der Waals surface area contributed by atoms with E-state index >= 15 is 0 Å². The van der Waals surface area contributed by atoms with Gasteiger partial charge in [0.2, 0.25) is 5.91 Å². The number of hydrogen-bond acceptors (Lipinski definition) is 6. The molecule has 4 aromatic rings. The van der Waals surface area contributed by atoms with Crippen LogP contribution in [-0.4, -0.2) is 28.3 Å². The first-order chi connectivity index (χ1) is 16.0. The minimum atomic E-state index is -0.144. The fourth-order valence-corrected chi connectivity index (χ4v) is 6.25. The monoisotopic (exact) mass is 477 g/mol. The standard InChI is InChI=1S/C25H23N3O3S2/c1-15-5-3-6-16(13-15)26-21(29)14-32-25-27-23-22(19-7-4-8-20(19)33-23)24(30)28(25)17-9-11-18(31-2)12-10-17/h3,5-6,9-13H,4,7-8,14H2,1-2H3,(H,26,29). The smallest absolute Gasteiger partial charge is 0.267 e. The molecule has 0 bridgehead atoms. The second kappa shape index (κ2) is 9.03. The minimum Gasteiger partial charge on any atom is -0.497 e. The summed E-state index contributed by atoms with van der Waals surface area (Å²) in [6, 6.07) is 15.0. The quantitative estimate of drug-likeness (QED) is 0.313. The Labute approximate surface area is 199 Å². The van der Waals surface area contributed by atoms with Crippen LogP contribution in [0, 0.1) is 6.92 Å². The number of methoxy groups -OCH3 is 1. The van der Waals surface area contributed by atoms with Crippen molar-refractivity contribution >= 4 is 44.9 Å². The Morgan fingerprint density at radius 1 is 1.21 bits per heavy atom. The normalized spacial score (nSPS) is 12.7. The van der Waals surface area contributed by atoms with E-state index in [4.69, 9.17) is 9.72 Å². The van der Waals surface area contributed by atoms with Crippen LogP contribution in [0.25, 0.3) is 15.9 Å². The minimum absolute atomic E-state index is 0.0776. The van der Waals surface area contributed by atoms with Crippen LogP contribution in [0.15, 0.2) is 58.5 Å². The van der Waals surface area contributed by atoms with Gasteiger partial charge in [-0.1, -0.05) is 23.9 Å². The lowest BCUT2D eigenvalue weighted by molar-refractivity contribution is -0.113. The number of nitrogens with one attached hydrogen (secondary N) is 1. The highest BCUT2D eigenvalue weighted by molar-refractivity contribution is 7.99. The fraction of sp³-hybridized carbons (Fsp3) is 0.240. The van der Waals surface area contributed by atoms with Gasteiger partial charge in [-0.25, -0.2) is 4.98 Å². The molecule has 1 aliphatic rings. The second-order valence-corrected chi connectivity index (χ2v) is 10.0. The fourth-order valence-electron chi connectivity index (χ4n) is 4.13. The first-order valence-electron chi connectivity index (χ1n) is 10.7. The Kier molecular flexibility index (Phi) is 5.95. The number of nitrogens with zero attached hydrogens (tertiary/aromatic N) is 2. The molecule has 0 atom stereocenters. The Hall–Kier alpha value is -3.10. The van der Waals surface area contributed by atoms with Gasteiger partial charge >= 0.3 is 0 Å². The highest BCUT2D eigenvalue weighted by Crippen LogP contribution is 2.36. The first kappa shape index (κ1) is 21.7. The summed E-state index contributed by atoms with van der Waals surface area (Å²) in [4.78, 5) is 33.2. The summed E-state index contributed by atoms with van der Waals surface area (Å²) in [5.74, 6) is 0.714. The molecule has 2 heterocycles. The van der Waals surface area contributed by atoms with E-state index in [2.05, 4.69) is 5.32 Å². The Morgan fingerprint density at radius 2 is 2.03 bits per heavy atom. The number of fused-ring (bicyclic) bond motifs is 3. The number of carbonyl (C=O) groups is 1. The summed E-state index contributed by atoms with van der Waals surface area (Å²) in [6.07, 6.45) is 2.99. The highest BCUT2D eigenvalue weighted by atomic mass is 32.2. The number of aryl methyl sites for hydroxylation is 3. The number of carbonyl (C=O) groups excluding carboxylic acids is 1. The van der Waals surface area contributed by atoms with Gasteiger partial charge in [-0.3, -0.25) is 14.2 Å². The molecule has 1 aliphatic carbocycles. The molecule has 0 radical (unpaired) electrons. The third kappa shape index (κ3) is 4.28. The molecule has 0 saturated carbocycles. The van der Waals surface area contributed by atoms with Gasteiger partial charge in [-0.2, -0.15) is 0 Å². The lowest BCUT2D eigenvalue weighted by atomic mass is 10.2. The van der Waals surface area contributed by atoms with Crippen molar-refractivity contribution in [3.8, 4) is 11.4 Å².